The Bertz CT molecular complexity index is 368. The first-order valence-electron chi connectivity index (χ1n) is 6.87. The van der Waals surface area contributed by atoms with Gasteiger partial charge in [-0.2, -0.15) is 0 Å². The zero-order valence-corrected chi connectivity index (χ0v) is 11.0. The van der Waals surface area contributed by atoms with Crippen LogP contribution < -0.4 is 5.32 Å². The highest BCUT2D eigenvalue weighted by Crippen LogP contribution is 2.26. The molecule has 2 nitrogen and oxygen atoms in total. The van der Waals surface area contributed by atoms with Crippen molar-refractivity contribution in [1.82, 2.24) is 5.32 Å². The van der Waals surface area contributed by atoms with Crippen LogP contribution in [0.2, 0.25) is 0 Å². The average Bonchev–Trinajstić information content (AvgIpc) is 2.36. The highest BCUT2D eigenvalue weighted by molar-refractivity contribution is 5.28. The topological polar surface area (TPSA) is 32.3 Å². The third kappa shape index (κ3) is 3.70. The predicted molar refractivity (Wildman–Crippen MR) is 70.9 cm³/mol. The van der Waals surface area contributed by atoms with Gasteiger partial charge in [-0.15, -0.1) is 0 Å². The molecule has 3 heteroatoms. The number of rotatable bonds is 4. The molecule has 0 saturated heterocycles. The molecule has 0 aromatic heterocycles. The van der Waals surface area contributed by atoms with Gasteiger partial charge in [0.1, 0.15) is 11.6 Å². The lowest BCUT2D eigenvalue weighted by Crippen LogP contribution is -2.34. The lowest BCUT2D eigenvalue weighted by atomic mass is 9.84. The SMILES string of the molecule is C[C@H](NCc1cc(O)cc(F)c1)C1CCCCC1. The Labute approximate surface area is 108 Å². The third-order valence-corrected chi connectivity index (χ3v) is 3.93. The standard InChI is InChI=1S/C15H22FNO/c1-11(13-5-3-2-4-6-13)17-10-12-7-14(16)9-15(18)8-12/h7-9,11,13,17-18H,2-6,10H2,1H3/t11-/m0/s1. The van der Waals surface area contributed by atoms with E-state index in [1.54, 1.807) is 6.07 Å². The number of hydrogen-bond donors (Lipinski definition) is 2. The zero-order valence-electron chi connectivity index (χ0n) is 11.0. The Balaban J connectivity index is 1.86. The van der Waals surface area contributed by atoms with Crippen LogP contribution >= 0.6 is 0 Å². The second-order valence-electron chi connectivity index (χ2n) is 5.39. The van der Waals surface area contributed by atoms with Crippen molar-refractivity contribution in [1.29, 1.82) is 0 Å². The van der Waals surface area contributed by atoms with E-state index in [2.05, 4.69) is 12.2 Å². The molecule has 0 unspecified atom stereocenters. The van der Waals surface area contributed by atoms with Crippen LogP contribution in [0, 0.1) is 11.7 Å². The van der Waals surface area contributed by atoms with Crippen LogP contribution in [0.25, 0.3) is 0 Å². The van der Waals surface area contributed by atoms with Crippen LogP contribution in [0.15, 0.2) is 18.2 Å². The molecule has 100 valence electrons. The van der Waals surface area contributed by atoms with Crippen molar-refractivity contribution in [2.24, 2.45) is 5.92 Å². The van der Waals surface area contributed by atoms with E-state index in [0.717, 1.165) is 17.5 Å². The fourth-order valence-corrected chi connectivity index (χ4v) is 2.82. The molecule has 0 bridgehead atoms. The monoisotopic (exact) mass is 251 g/mol. The van der Waals surface area contributed by atoms with Gasteiger partial charge in [-0.3, -0.25) is 0 Å². The van der Waals surface area contributed by atoms with Gasteiger partial charge in [0.15, 0.2) is 0 Å². The second kappa shape index (κ2) is 6.19. The highest BCUT2D eigenvalue weighted by atomic mass is 19.1. The van der Waals surface area contributed by atoms with Crippen LogP contribution in [0.1, 0.15) is 44.6 Å². The van der Waals surface area contributed by atoms with Gasteiger partial charge in [0, 0.05) is 18.7 Å². The molecule has 1 aliphatic carbocycles. The summed E-state index contributed by atoms with van der Waals surface area (Å²) >= 11 is 0. The molecule has 2 rings (SSSR count). The van der Waals surface area contributed by atoms with Crippen molar-refractivity contribution in [3.8, 4) is 5.75 Å². The molecule has 1 fully saturated rings. The molecule has 1 aliphatic rings. The molecule has 1 aromatic rings. The first kappa shape index (κ1) is 13.3. The molecule has 0 amide bonds. The molecule has 0 spiro atoms. The number of halogens is 1. The van der Waals surface area contributed by atoms with Gasteiger partial charge >= 0.3 is 0 Å². The second-order valence-corrected chi connectivity index (χ2v) is 5.39. The zero-order chi connectivity index (χ0) is 13.0. The summed E-state index contributed by atoms with van der Waals surface area (Å²) in [5.41, 5.74) is 0.801. The molecular weight excluding hydrogens is 229 g/mol. The largest absolute Gasteiger partial charge is 0.508 e. The van der Waals surface area contributed by atoms with E-state index in [1.807, 2.05) is 0 Å². The lowest BCUT2D eigenvalue weighted by Gasteiger charge is -2.28. The quantitative estimate of drug-likeness (QED) is 0.857. The Morgan fingerprint density at radius 3 is 2.67 bits per heavy atom. The van der Waals surface area contributed by atoms with E-state index in [0.29, 0.717) is 12.6 Å². The van der Waals surface area contributed by atoms with Crippen molar-refractivity contribution in [3.05, 3.63) is 29.6 Å². The molecule has 0 aliphatic heterocycles. The minimum absolute atomic E-state index is 0.00267. The van der Waals surface area contributed by atoms with Gasteiger partial charge in [-0.1, -0.05) is 19.3 Å². The molecule has 1 saturated carbocycles. The van der Waals surface area contributed by atoms with Crippen molar-refractivity contribution in [2.75, 3.05) is 0 Å². The van der Waals surface area contributed by atoms with Gasteiger partial charge in [0.25, 0.3) is 0 Å². The van der Waals surface area contributed by atoms with Crippen LogP contribution in [-0.4, -0.2) is 11.1 Å². The number of nitrogens with one attached hydrogen (secondary N) is 1. The molecule has 0 radical (unpaired) electrons. The first-order valence-corrected chi connectivity index (χ1v) is 6.87. The number of aromatic hydroxyl groups is 1. The molecule has 2 N–H and O–H groups in total. The van der Waals surface area contributed by atoms with E-state index in [1.165, 1.54) is 38.2 Å². The third-order valence-electron chi connectivity index (χ3n) is 3.93. The summed E-state index contributed by atoms with van der Waals surface area (Å²) in [5, 5.41) is 12.8. The number of hydrogen-bond acceptors (Lipinski definition) is 2. The number of benzene rings is 1. The summed E-state index contributed by atoms with van der Waals surface area (Å²) in [6, 6.07) is 4.67. The fourth-order valence-electron chi connectivity index (χ4n) is 2.82. The Morgan fingerprint density at radius 1 is 1.28 bits per heavy atom. The minimum atomic E-state index is -0.378. The predicted octanol–water partition coefficient (Wildman–Crippen LogP) is 3.59. The number of phenols is 1. The van der Waals surface area contributed by atoms with Crippen LogP contribution in [-0.2, 0) is 6.54 Å². The van der Waals surface area contributed by atoms with Gasteiger partial charge in [0.2, 0.25) is 0 Å². The maximum absolute atomic E-state index is 13.1. The van der Waals surface area contributed by atoms with Gasteiger partial charge in [-0.25, -0.2) is 4.39 Å². The van der Waals surface area contributed by atoms with Crippen LogP contribution in [0.3, 0.4) is 0 Å². The van der Waals surface area contributed by atoms with Crippen molar-refractivity contribution in [2.45, 2.75) is 51.6 Å². The Morgan fingerprint density at radius 2 is 2.00 bits per heavy atom. The van der Waals surface area contributed by atoms with E-state index < -0.39 is 0 Å². The molecule has 1 atom stereocenters. The molecule has 0 heterocycles. The number of phenolic OH excluding ortho intramolecular Hbond substituents is 1. The summed E-state index contributed by atoms with van der Waals surface area (Å²) in [4.78, 5) is 0. The van der Waals surface area contributed by atoms with Crippen molar-refractivity contribution >= 4 is 0 Å². The van der Waals surface area contributed by atoms with Gasteiger partial charge < -0.3 is 10.4 Å². The maximum Gasteiger partial charge on any atom is 0.127 e. The van der Waals surface area contributed by atoms with Crippen LogP contribution in [0.5, 0.6) is 5.75 Å². The molecular formula is C15H22FNO. The summed E-state index contributed by atoms with van der Waals surface area (Å²) in [6.07, 6.45) is 6.61. The van der Waals surface area contributed by atoms with E-state index in [-0.39, 0.29) is 11.6 Å². The van der Waals surface area contributed by atoms with E-state index in [4.69, 9.17) is 0 Å². The maximum atomic E-state index is 13.1. The smallest absolute Gasteiger partial charge is 0.127 e. The first-order chi connectivity index (χ1) is 8.65. The summed E-state index contributed by atoms with van der Waals surface area (Å²) < 4.78 is 13.1. The fraction of sp³-hybridized carbons (Fsp3) is 0.600. The summed E-state index contributed by atoms with van der Waals surface area (Å²) in [7, 11) is 0. The average molecular weight is 251 g/mol. The van der Waals surface area contributed by atoms with E-state index in [9.17, 15) is 9.50 Å². The normalized spacial score (nSPS) is 18.8. The lowest BCUT2D eigenvalue weighted by molar-refractivity contribution is 0.280. The van der Waals surface area contributed by atoms with Gasteiger partial charge in [0.05, 0.1) is 0 Å². The van der Waals surface area contributed by atoms with Crippen molar-refractivity contribution in [3.63, 3.8) is 0 Å². The Kier molecular flexibility index (Phi) is 4.59. The van der Waals surface area contributed by atoms with E-state index >= 15 is 0 Å². The van der Waals surface area contributed by atoms with Crippen molar-refractivity contribution < 1.29 is 9.50 Å². The summed E-state index contributed by atoms with van der Waals surface area (Å²) in [5.74, 6) is 0.357. The van der Waals surface area contributed by atoms with Gasteiger partial charge in [-0.05, 0) is 43.4 Å². The molecule has 1 aromatic carbocycles. The highest BCUT2D eigenvalue weighted by Gasteiger charge is 2.19. The summed E-state index contributed by atoms with van der Waals surface area (Å²) in [6.45, 7) is 2.82. The Hall–Kier alpha value is -1.09. The minimum Gasteiger partial charge on any atom is -0.508 e. The molecule has 18 heavy (non-hydrogen) atoms. The van der Waals surface area contributed by atoms with Crippen LogP contribution in [0.4, 0.5) is 4.39 Å².